The lowest BCUT2D eigenvalue weighted by Gasteiger charge is -2.13. The van der Waals surface area contributed by atoms with Gasteiger partial charge in [0.2, 0.25) is 0 Å². The highest BCUT2D eigenvalue weighted by atomic mass is 16.5. The normalized spacial score (nSPS) is 12.1. The van der Waals surface area contributed by atoms with Gasteiger partial charge in [-0.3, -0.25) is 0 Å². The Morgan fingerprint density at radius 3 is 1.18 bits per heavy atom. The Morgan fingerprint density at radius 1 is 0.439 bits per heavy atom. The summed E-state index contributed by atoms with van der Waals surface area (Å²) >= 11 is 0. The van der Waals surface area contributed by atoms with E-state index in [0.717, 1.165) is 108 Å². The fourth-order valence-corrected chi connectivity index (χ4v) is 9.64. The van der Waals surface area contributed by atoms with E-state index in [1.807, 2.05) is 0 Å². The number of aryl methyl sites for hydroxylation is 14. The van der Waals surface area contributed by atoms with E-state index in [4.69, 9.17) is 24.9 Å². The molecule has 0 N–H and O–H groups in total. The van der Waals surface area contributed by atoms with Crippen LogP contribution in [0.1, 0.15) is 93.2 Å². The van der Waals surface area contributed by atoms with E-state index >= 15 is 0 Å². The lowest BCUT2D eigenvalue weighted by molar-refractivity contribution is 0.125. The van der Waals surface area contributed by atoms with Crippen LogP contribution < -0.4 is 0 Å². The number of aromatic nitrogens is 8. The predicted octanol–water partition coefficient (Wildman–Crippen LogP) is 11.0. The molecule has 0 bridgehead atoms. The molecule has 8 rings (SSSR count). The summed E-state index contributed by atoms with van der Waals surface area (Å²) in [5.41, 5.74) is 23.1. The Hall–Kier alpha value is -5.28. The predicted molar refractivity (Wildman–Crippen MR) is 234 cm³/mol. The summed E-state index contributed by atoms with van der Waals surface area (Å²) in [6.07, 6.45) is 4.07. The number of hydrogen-bond donors (Lipinski definition) is 0. The number of rotatable bonds is 12. The second kappa shape index (κ2) is 14.9. The third-order valence-electron chi connectivity index (χ3n) is 12.0. The molecule has 8 aromatic rings. The van der Waals surface area contributed by atoms with Gasteiger partial charge in [-0.05, 0) is 154 Å². The highest BCUT2D eigenvalue weighted by Gasteiger charge is 2.24. The van der Waals surface area contributed by atoms with E-state index in [2.05, 4.69) is 138 Å². The molecule has 0 spiro atoms. The second-order valence-electron chi connectivity index (χ2n) is 16.7. The zero-order valence-electron chi connectivity index (χ0n) is 36.1. The summed E-state index contributed by atoms with van der Waals surface area (Å²) in [5.74, 6) is 0. The average molecular weight is 763 g/mol. The van der Waals surface area contributed by atoms with Gasteiger partial charge in [-0.1, -0.05) is 35.4 Å². The van der Waals surface area contributed by atoms with Crippen LogP contribution in [-0.2, 0) is 17.8 Å². The monoisotopic (exact) mass is 762 g/mol. The maximum Gasteiger partial charge on any atom is 0.165 e. The quantitative estimate of drug-likeness (QED) is 0.116. The van der Waals surface area contributed by atoms with Crippen LogP contribution in [-0.4, -0.2) is 51.5 Å². The summed E-state index contributed by atoms with van der Waals surface area (Å²) in [5, 5.41) is 12.6. The minimum absolute atomic E-state index is 0.759. The smallest absolute Gasteiger partial charge is 0.165 e. The molecule has 2 aromatic carbocycles. The second-order valence-corrected chi connectivity index (χ2v) is 16.7. The Kier molecular flexibility index (Phi) is 10.1. The molecule has 57 heavy (non-hydrogen) atoms. The molecular weight excluding hydrogens is 705 g/mol. The van der Waals surface area contributed by atoms with Crippen LogP contribution in [0.25, 0.3) is 55.6 Å². The lowest BCUT2D eigenvalue weighted by atomic mass is 9.94. The zero-order chi connectivity index (χ0) is 40.4. The topological polar surface area (TPSA) is 79.5 Å². The van der Waals surface area contributed by atoms with Crippen molar-refractivity contribution in [3.8, 4) is 22.3 Å². The van der Waals surface area contributed by atoms with Gasteiger partial charge in [0.05, 0.1) is 33.9 Å². The van der Waals surface area contributed by atoms with Crippen LogP contribution in [0.2, 0.25) is 0 Å². The standard InChI is InChI=1S/C48H58N8O/c1-27-21-29(3)41(30(4)22-27)43-37(11)51-55-45(43)49-35(9)39-25-33(7)53(47(39)55)17-13-15-19-57-20-16-14-18-54-34(8)26-40-36(10)50-46-44(38(12)52-56(46)48(40)54)42-31(5)23-28(2)24-32(42)6/h21-26H,13-20H2,1-12H3. The minimum atomic E-state index is 0.759. The van der Waals surface area contributed by atoms with Crippen LogP contribution in [0.4, 0.5) is 0 Å². The largest absolute Gasteiger partial charge is 0.381 e. The van der Waals surface area contributed by atoms with Gasteiger partial charge in [0.15, 0.2) is 11.3 Å². The first-order valence-electron chi connectivity index (χ1n) is 20.7. The Labute approximate surface area is 336 Å². The third kappa shape index (κ3) is 6.63. The molecule has 6 heterocycles. The van der Waals surface area contributed by atoms with Crippen molar-refractivity contribution < 1.29 is 4.74 Å². The maximum absolute atomic E-state index is 6.21. The van der Waals surface area contributed by atoms with Gasteiger partial charge in [-0.25, -0.2) is 9.97 Å². The fraction of sp³-hybridized carbons (Fsp3) is 0.417. The van der Waals surface area contributed by atoms with Crippen molar-refractivity contribution >= 4 is 33.4 Å². The molecule has 0 fully saturated rings. The van der Waals surface area contributed by atoms with Gasteiger partial charge in [-0.2, -0.15) is 19.2 Å². The average Bonchev–Trinajstić information content (AvgIpc) is 3.84. The third-order valence-corrected chi connectivity index (χ3v) is 12.0. The summed E-state index contributed by atoms with van der Waals surface area (Å²) < 4.78 is 15.2. The van der Waals surface area contributed by atoms with Crippen molar-refractivity contribution in [2.45, 2.75) is 122 Å². The van der Waals surface area contributed by atoms with E-state index in [0.29, 0.717) is 0 Å². The molecule has 0 aliphatic rings. The molecule has 0 saturated heterocycles. The first-order valence-corrected chi connectivity index (χ1v) is 20.7. The summed E-state index contributed by atoms with van der Waals surface area (Å²) in [6.45, 7) is 29.3. The van der Waals surface area contributed by atoms with Crippen molar-refractivity contribution in [3.05, 3.63) is 104 Å². The first kappa shape index (κ1) is 38.6. The van der Waals surface area contributed by atoms with Gasteiger partial charge in [0, 0.05) is 48.5 Å². The Morgan fingerprint density at radius 2 is 0.807 bits per heavy atom. The number of unbranched alkanes of at least 4 members (excludes halogenated alkanes) is 2. The van der Waals surface area contributed by atoms with Gasteiger partial charge in [0.1, 0.15) is 11.3 Å². The highest BCUT2D eigenvalue weighted by Crippen LogP contribution is 2.37. The fourth-order valence-electron chi connectivity index (χ4n) is 9.64. The van der Waals surface area contributed by atoms with Gasteiger partial charge < -0.3 is 13.9 Å². The van der Waals surface area contributed by atoms with Crippen LogP contribution in [0, 0.1) is 83.1 Å². The van der Waals surface area contributed by atoms with Crippen LogP contribution in [0.5, 0.6) is 0 Å². The molecule has 9 nitrogen and oxygen atoms in total. The van der Waals surface area contributed by atoms with Crippen molar-refractivity contribution in [1.29, 1.82) is 0 Å². The molecule has 0 aliphatic heterocycles. The first-order chi connectivity index (χ1) is 27.2. The number of benzene rings is 2. The molecule has 0 atom stereocenters. The molecule has 0 aliphatic carbocycles. The van der Waals surface area contributed by atoms with E-state index < -0.39 is 0 Å². The van der Waals surface area contributed by atoms with Crippen molar-refractivity contribution in [2.24, 2.45) is 0 Å². The molecule has 0 radical (unpaired) electrons. The van der Waals surface area contributed by atoms with E-state index in [1.165, 1.54) is 66.7 Å². The number of nitrogens with zero attached hydrogens (tertiary/aromatic N) is 8. The lowest BCUT2D eigenvalue weighted by Crippen LogP contribution is -2.08. The molecule has 9 heteroatoms. The number of fused-ring (bicyclic) bond motifs is 6. The van der Waals surface area contributed by atoms with Crippen LogP contribution in [0.3, 0.4) is 0 Å². The molecule has 0 unspecified atom stereocenters. The Balaban J connectivity index is 0.919. The van der Waals surface area contributed by atoms with Gasteiger partial charge in [0.25, 0.3) is 0 Å². The molecule has 296 valence electrons. The SMILES string of the molecule is Cc1cc(C)c(-c2c(C)nn3c2nc(C)c2cc(C)n(CCCCOCCCCn4c(C)cc5c(C)nc6c(-c7c(C)cc(C)cc7C)c(C)nn6c54)c23)c(C)c1. The Bertz CT molecular complexity index is 2620. The molecular formula is C48H58N8O. The molecule has 6 aromatic heterocycles. The number of hydrogen-bond acceptors (Lipinski definition) is 5. The van der Waals surface area contributed by atoms with Gasteiger partial charge in [-0.15, -0.1) is 0 Å². The summed E-state index contributed by atoms with van der Waals surface area (Å²) in [6, 6.07) is 13.6. The van der Waals surface area contributed by atoms with Gasteiger partial charge >= 0.3 is 0 Å². The van der Waals surface area contributed by atoms with Crippen molar-refractivity contribution in [1.82, 2.24) is 38.3 Å². The number of ether oxygens (including phenoxy) is 1. The summed E-state index contributed by atoms with van der Waals surface area (Å²) in [4.78, 5) is 10.3. The van der Waals surface area contributed by atoms with Crippen LogP contribution >= 0.6 is 0 Å². The van der Waals surface area contributed by atoms with Crippen molar-refractivity contribution in [3.63, 3.8) is 0 Å². The maximum atomic E-state index is 6.21. The zero-order valence-corrected chi connectivity index (χ0v) is 36.1. The van der Waals surface area contributed by atoms with E-state index in [9.17, 15) is 0 Å². The molecule has 0 saturated carbocycles. The minimum Gasteiger partial charge on any atom is -0.381 e. The highest BCUT2D eigenvalue weighted by molar-refractivity contribution is 5.91. The van der Waals surface area contributed by atoms with E-state index in [1.54, 1.807) is 0 Å². The summed E-state index contributed by atoms with van der Waals surface area (Å²) in [7, 11) is 0. The van der Waals surface area contributed by atoms with Crippen LogP contribution in [0.15, 0.2) is 36.4 Å². The van der Waals surface area contributed by atoms with E-state index in [-0.39, 0.29) is 0 Å². The van der Waals surface area contributed by atoms with Crippen molar-refractivity contribution in [2.75, 3.05) is 13.2 Å². The molecule has 0 amide bonds.